The van der Waals surface area contributed by atoms with E-state index < -0.39 is 12.0 Å². The molecule has 2 aliphatic rings. The topological polar surface area (TPSA) is 72.9 Å². The Kier molecular flexibility index (Phi) is 5.45. The molecule has 0 aromatic carbocycles. The van der Waals surface area contributed by atoms with Crippen LogP contribution >= 0.6 is 0 Å². The fourth-order valence-corrected chi connectivity index (χ4v) is 3.50. The maximum atomic E-state index is 12.9. The van der Waals surface area contributed by atoms with Gasteiger partial charge in [0.1, 0.15) is 6.04 Å². The second kappa shape index (κ2) is 7.11. The van der Waals surface area contributed by atoms with Gasteiger partial charge in [0.25, 0.3) is 0 Å². The van der Waals surface area contributed by atoms with Crippen molar-refractivity contribution in [2.24, 2.45) is 5.92 Å². The molecule has 2 aliphatic heterocycles. The Morgan fingerprint density at radius 3 is 2.52 bits per heavy atom. The Labute approximate surface area is 126 Å². The number of carbonyl (C=O) groups excluding carboxylic acids is 1. The Balaban J connectivity index is 2.11. The molecule has 2 amide bonds. The first-order chi connectivity index (χ1) is 10.1. The van der Waals surface area contributed by atoms with Crippen molar-refractivity contribution in [1.29, 1.82) is 0 Å². The SMILES string of the molecule is CCCN(C(=O)N1CCC(C)C1C(=O)O)C1CCNCC1. The molecule has 2 N–H and O–H groups in total. The largest absolute Gasteiger partial charge is 0.480 e. The number of piperidine rings is 1. The van der Waals surface area contributed by atoms with Gasteiger partial charge < -0.3 is 20.2 Å². The van der Waals surface area contributed by atoms with E-state index in [9.17, 15) is 14.7 Å². The standard InChI is InChI=1S/C15H27N3O3/c1-3-9-17(12-4-7-16-8-5-12)15(21)18-10-6-11(2)13(18)14(19)20/h11-13,16H,3-10H2,1-2H3,(H,19,20). The van der Waals surface area contributed by atoms with Gasteiger partial charge in [-0.1, -0.05) is 13.8 Å². The van der Waals surface area contributed by atoms with Crippen LogP contribution < -0.4 is 5.32 Å². The number of carbonyl (C=O) groups is 2. The molecule has 2 atom stereocenters. The summed E-state index contributed by atoms with van der Waals surface area (Å²) in [5.41, 5.74) is 0. The molecular weight excluding hydrogens is 270 g/mol. The summed E-state index contributed by atoms with van der Waals surface area (Å²) in [6.07, 6.45) is 3.57. The summed E-state index contributed by atoms with van der Waals surface area (Å²) in [5, 5.41) is 12.7. The van der Waals surface area contributed by atoms with Crippen LogP contribution in [0.2, 0.25) is 0 Å². The summed E-state index contributed by atoms with van der Waals surface area (Å²) in [4.78, 5) is 27.8. The summed E-state index contributed by atoms with van der Waals surface area (Å²) in [5.74, 6) is -0.849. The number of carboxylic acids is 1. The Bertz CT molecular complexity index is 382. The average molecular weight is 297 g/mol. The second-order valence-corrected chi connectivity index (χ2v) is 6.20. The number of nitrogens with zero attached hydrogens (tertiary/aromatic N) is 2. The molecule has 6 nitrogen and oxygen atoms in total. The van der Waals surface area contributed by atoms with Crippen LogP contribution in [0.1, 0.15) is 39.5 Å². The molecule has 0 saturated carbocycles. The van der Waals surface area contributed by atoms with E-state index in [0.717, 1.165) is 38.8 Å². The highest BCUT2D eigenvalue weighted by Crippen LogP contribution is 2.27. The molecule has 0 radical (unpaired) electrons. The van der Waals surface area contributed by atoms with E-state index in [4.69, 9.17) is 0 Å². The maximum Gasteiger partial charge on any atom is 0.326 e. The highest BCUT2D eigenvalue weighted by molar-refractivity contribution is 5.83. The predicted octanol–water partition coefficient (Wildman–Crippen LogP) is 1.37. The zero-order valence-corrected chi connectivity index (χ0v) is 13.0. The number of aliphatic carboxylic acids is 1. The highest BCUT2D eigenvalue weighted by Gasteiger charge is 2.42. The monoisotopic (exact) mass is 297 g/mol. The average Bonchev–Trinajstić information content (AvgIpc) is 2.87. The third-order valence-electron chi connectivity index (χ3n) is 4.66. The lowest BCUT2D eigenvalue weighted by atomic mass is 10.0. The molecule has 0 bridgehead atoms. The maximum absolute atomic E-state index is 12.9. The molecule has 2 saturated heterocycles. The van der Waals surface area contributed by atoms with Gasteiger partial charge in [-0.25, -0.2) is 9.59 Å². The molecule has 0 spiro atoms. The zero-order valence-electron chi connectivity index (χ0n) is 13.0. The number of nitrogens with one attached hydrogen (secondary N) is 1. The van der Waals surface area contributed by atoms with Crippen LogP contribution in [0.3, 0.4) is 0 Å². The van der Waals surface area contributed by atoms with Gasteiger partial charge in [0.15, 0.2) is 0 Å². The van der Waals surface area contributed by atoms with Gasteiger partial charge in [0.2, 0.25) is 0 Å². The summed E-state index contributed by atoms with van der Waals surface area (Å²) in [7, 11) is 0. The van der Waals surface area contributed by atoms with Crippen LogP contribution in [0.4, 0.5) is 4.79 Å². The third kappa shape index (κ3) is 3.48. The second-order valence-electron chi connectivity index (χ2n) is 6.20. The molecule has 0 aromatic rings. The normalized spacial score (nSPS) is 26.9. The van der Waals surface area contributed by atoms with E-state index in [0.29, 0.717) is 13.1 Å². The van der Waals surface area contributed by atoms with E-state index in [-0.39, 0.29) is 18.0 Å². The first-order valence-corrected chi connectivity index (χ1v) is 8.07. The number of rotatable bonds is 4. The number of carboxylic acid groups (broad SMARTS) is 1. The lowest BCUT2D eigenvalue weighted by Gasteiger charge is -2.38. The van der Waals surface area contributed by atoms with Crippen LogP contribution in [-0.2, 0) is 4.79 Å². The lowest BCUT2D eigenvalue weighted by molar-refractivity contribution is -0.142. The van der Waals surface area contributed by atoms with Gasteiger partial charge in [-0.05, 0) is 44.7 Å². The summed E-state index contributed by atoms with van der Waals surface area (Å²) >= 11 is 0. The Morgan fingerprint density at radius 1 is 1.29 bits per heavy atom. The minimum atomic E-state index is -0.880. The van der Waals surface area contributed by atoms with E-state index in [1.54, 1.807) is 4.90 Å². The molecule has 120 valence electrons. The van der Waals surface area contributed by atoms with Crippen molar-refractivity contribution in [3.63, 3.8) is 0 Å². The van der Waals surface area contributed by atoms with E-state index in [1.165, 1.54) is 0 Å². The summed E-state index contributed by atoms with van der Waals surface area (Å²) in [6, 6.07) is -0.511. The zero-order chi connectivity index (χ0) is 15.4. The molecule has 0 aromatic heterocycles. The Hall–Kier alpha value is -1.30. The minimum Gasteiger partial charge on any atom is -0.480 e. The van der Waals surface area contributed by atoms with Crippen molar-refractivity contribution in [2.75, 3.05) is 26.2 Å². The van der Waals surface area contributed by atoms with Crippen molar-refractivity contribution in [3.8, 4) is 0 Å². The first-order valence-electron chi connectivity index (χ1n) is 8.07. The van der Waals surface area contributed by atoms with Crippen molar-refractivity contribution >= 4 is 12.0 Å². The van der Waals surface area contributed by atoms with E-state index >= 15 is 0 Å². The van der Waals surface area contributed by atoms with Gasteiger partial charge in [0.05, 0.1) is 0 Å². The number of urea groups is 1. The molecular formula is C15H27N3O3. The fraction of sp³-hybridized carbons (Fsp3) is 0.867. The third-order valence-corrected chi connectivity index (χ3v) is 4.66. The summed E-state index contributed by atoms with van der Waals surface area (Å²) in [6.45, 7) is 7.10. The van der Waals surface area contributed by atoms with Crippen LogP contribution in [-0.4, -0.2) is 65.2 Å². The molecule has 2 unspecified atom stereocenters. The van der Waals surface area contributed by atoms with E-state index in [1.807, 2.05) is 11.8 Å². The molecule has 2 heterocycles. The summed E-state index contributed by atoms with van der Waals surface area (Å²) < 4.78 is 0. The van der Waals surface area contributed by atoms with Crippen molar-refractivity contribution in [2.45, 2.75) is 51.6 Å². The number of hydrogen-bond donors (Lipinski definition) is 2. The van der Waals surface area contributed by atoms with Crippen molar-refractivity contribution < 1.29 is 14.7 Å². The number of amides is 2. The van der Waals surface area contributed by atoms with Gasteiger partial charge in [0, 0.05) is 19.1 Å². The van der Waals surface area contributed by atoms with Crippen LogP contribution in [0.25, 0.3) is 0 Å². The highest BCUT2D eigenvalue weighted by atomic mass is 16.4. The number of hydrogen-bond acceptors (Lipinski definition) is 3. The van der Waals surface area contributed by atoms with Gasteiger partial charge >= 0.3 is 12.0 Å². The smallest absolute Gasteiger partial charge is 0.326 e. The van der Waals surface area contributed by atoms with Crippen LogP contribution in [0, 0.1) is 5.92 Å². The van der Waals surface area contributed by atoms with Gasteiger partial charge in [-0.15, -0.1) is 0 Å². The Morgan fingerprint density at radius 2 is 1.95 bits per heavy atom. The van der Waals surface area contributed by atoms with Gasteiger partial charge in [-0.3, -0.25) is 0 Å². The first kappa shape index (κ1) is 16.1. The molecule has 6 heteroatoms. The minimum absolute atomic E-state index is 0.0305. The molecule has 2 rings (SSSR count). The molecule has 21 heavy (non-hydrogen) atoms. The number of likely N-dealkylation sites (tertiary alicyclic amines) is 1. The van der Waals surface area contributed by atoms with Crippen molar-refractivity contribution in [1.82, 2.24) is 15.1 Å². The van der Waals surface area contributed by atoms with Crippen molar-refractivity contribution in [3.05, 3.63) is 0 Å². The lowest BCUT2D eigenvalue weighted by Crippen LogP contribution is -2.54. The van der Waals surface area contributed by atoms with Crippen LogP contribution in [0.15, 0.2) is 0 Å². The predicted molar refractivity (Wildman–Crippen MR) is 80.2 cm³/mol. The molecule has 0 aliphatic carbocycles. The van der Waals surface area contributed by atoms with Gasteiger partial charge in [-0.2, -0.15) is 0 Å². The quantitative estimate of drug-likeness (QED) is 0.822. The van der Waals surface area contributed by atoms with Crippen LogP contribution in [0.5, 0.6) is 0 Å². The van der Waals surface area contributed by atoms with E-state index in [2.05, 4.69) is 12.2 Å². The fourth-order valence-electron chi connectivity index (χ4n) is 3.50. The molecule has 2 fully saturated rings.